The molecule has 1 unspecified atom stereocenters. The largest absolute Gasteiger partial charge is 0.207 e. The lowest BCUT2D eigenvalue weighted by molar-refractivity contribution is 0.630. The lowest BCUT2D eigenvalue weighted by atomic mass is 10.1. The summed E-state index contributed by atoms with van der Waals surface area (Å²) in [4.78, 5) is 1.05. The Hall–Kier alpha value is -1.09. The fourth-order valence-corrected chi connectivity index (χ4v) is 3.81. The summed E-state index contributed by atoms with van der Waals surface area (Å²) in [6, 6.07) is 14.5. The fraction of sp³-hybridized carbons (Fsp3) is 0.125. The summed E-state index contributed by atoms with van der Waals surface area (Å²) in [5.74, 6) is -0.216. The van der Waals surface area contributed by atoms with E-state index in [4.69, 9.17) is 23.2 Å². The van der Waals surface area contributed by atoms with Crippen molar-refractivity contribution in [2.24, 2.45) is 0 Å². The summed E-state index contributed by atoms with van der Waals surface area (Å²) in [6.07, 6.45) is 0.706. The average Bonchev–Trinajstić information content (AvgIpc) is 2.81. The van der Waals surface area contributed by atoms with Crippen LogP contribution < -0.4 is 0 Å². The van der Waals surface area contributed by atoms with Crippen molar-refractivity contribution >= 4 is 44.6 Å². The van der Waals surface area contributed by atoms with Crippen LogP contribution in [0, 0.1) is 5.82 Å². The Morgan fingerprint density at radius 2 is 1.95 bits per heavy atom. The van der Waals surface area contributed by atoms with E-state index in [1.54, 1.807) is 12.1 Å². The molecule has 2 aromatic carbocycles. The lowest BCUT2D eigenvalue weighted by Crippen LogP contribution is -1.93. The quantitative estimate of drug-likeness (QED) is 0.502. The number of halogens is 3. The third-order valence-corrected chi connectivity index (χ3v) is 5.08. The van der Waals surface area contributed by atoms with Gasteiger partial charge in [0.2, 0.25) is 0 Å². The minimum atomic E-state index is -0.216. The van der Waals surface area contributed by atoms with Gasteiger partial charge in [0.05, 0.1) is 5.38 Å². The second kappa shape index (κ2) is 5.72. The Bertz CT molecular complexity index is 751. The molecule has 0 bridgehead atoms. The van der Waals surface area contributed by atoms with E-state index in [0.29, 0.717) is 11.4 Å². The standard InChI is InChI=1S/C16H11Cl2FS/c17-12-3-1-2-10(6-12)7-14(18)16-8-11-4-5-13(19)9-15(11)20-16/h1-6,8-9,14H,7H2. The SMILES string of the molecule is Fc1ccc2cc(C(Cl)Cc3cccc(Cl)c3)sc2c1. The van der Waals surface area contributed by atoms with E-state index in [2.05, 4.69) is 0 Å². The molecule has 0 amide bonds. The van der Waals surface area contributed by atoms with Crippen molar-refractivity contribution in [2.45, 2.75) is 11.8 Å². The smallest absolute Gasteiger partial charge is 0.124 e. The Kier molecular flexibility index (Phi) is 3.97. The number of hydrogen-bond donors (Lipinski definition) is 0. The van der Waals surface area contributed by atoms with Gasteiger partial charge < -0.3 is 0 Å². The number of fused-ring (bicyclic) bond motifs is 1. The van der Waals surface area contributed by atoms with E-state index in [0.717, 1.165) is 20.5 Å². The normalized spacial score (nSPS) is 12.8. The maximum Gasteiger partial charge on any atom is 0.124 e. The summed E-state index contributed by atoms with van der Waals surface area (Å²) in [7, 11) is 0. The van der Waals surface area contributed by atoms with Crippen molar-refractivity contribution < 1.29 is 4.39 Å². The molecule has 0 aliphatic heterocycles. The van der Waals surface area contributed by atoms with Crippen LogP contribution in [0.2, 0.25) is 5.02 Å². The van der Waals surface area contributed by atoms with Crippen LogP contribution in [0.5, 0.6) is 0 Å². The summed E-state index contributed by atoms with van der Waals surface area (Å²) < 4.78 is 14.1. The van der Waals surface area contributed by atoms with Gasteiger partial charge >= 0.3 is 0 Å². The molecule has 0 saturated carbocycles. The predicted octanol–water partition coefficient (Wildman–Crippen LogP) is 6.22. The molecule has 1 heterocycles. The molecule has 0 aliphatic carbocycles. The number of rotatable bonds is 3. The van der Waals surface area contributed by atoms with Gasteiger partial charge in [-0.3, -0.25) is 0 Å². The second-order valence-corrected chi connectivity index (χ2v) is 6.71. The van der Waals surface area contributed by atoms with E-state index in [1.807, 2.05) is 30.3 Å². The average molecular weight is 325 g/mol. The lowest BCUT2D eigenvalue weighted by Gasteiger charge is -2.07. The van der Waals surface area contributed by atoms with Gasteiger partial charge in [-0.25, -0.2) is 4.39 Å². The van der Waals surface area contributed by atoms with E-state index in [1.165, 1.54) is 17.4 Å². The first-order valence-electron chi connectivity index (χ1n) is 6.19. The Morgan fingerprint density at radius 3 is 2.75 bits per heavy atom. The second-order valence-electron chi connectivity index (χ2n) is 4.63. The van der Waals surface area contributed by atoms with Crippen molar-refractivity contribution in [3.63, 3.8) is 0 Å². The van der Waals surface area contributed by atoms with E-state index >= 15 is 0 Å². The first-order chi connectivity index (χ1) is 9.61. The molecule has 4 heteroatoms. The highest BCUT2D eigenvalue weighted by atomic mass is 35.5. The highest BCUT2D eigenvalue weighted by Gasteiger charge is 2.13. The van der Waals surface area contributed by atoms with Crippen LogP contribution in [-0.4, -0.2) is 0 Å². The van der Waals surface area contributed by atoms with E-state index in [-0.39, 0.29) is 11.2 Å². The maximum atomic E-state index is 13.2. The van der Waals surface area contributed by atoms with Crippen molar-refractivity contribution in [3.8, 4) is 0 Å². The monoisotopic (exact) mass is 324 g/mol. The van der Waals surface area contributed by atoms with Gasteiger partial charge in [-0.1, -0.05) is 29.8 Å². The van der Waals surface area contributed by atoms with Crippen LogP contribution >= 0.6 is 34.5 Å². The van der Waals surface area contributed by atoms with Gasteiger partial charge in [0.25, 0.3) is 0 Å². The predicted molar refractivity (Wildman–Crippen MR) is 85.5 cm³/mol. The van der Waals surface area contributed by atoms with Crippen LogP contribution in [0.25, 0.3) is 10.1 Å². The first-order valence-corrected chi connectivity index (χ1v) is 7.82. The van der Waals surface area contributed by atoms with Crippen LogP contribution in [0.1, 0.15) is 15.8 Å². The zero-order chi connectivity index (χ0) is 14.1. The molecule has 0 nitrogen and oxygen atoms in total. The van der Waals surface area contributed by atoms with Crippen LogP contribution in [0.3, 0.4) is 0 Å². The Labute approximate surface area is 130 Å². The number of thiophene rings is 1. The summed E-state index contributed by atoms with van der Waals surface area (Å²) in [5.41, 5.74) is 1.10. The molecule has 1 atom stereocenters. The third kappa shape index (κ3) is 2.98. The third-order valence-electron chi connectivity index (χ3n) is 3.11. The van der Waals surface area contributed by atoms with Gasteiger partial charge in [-0.05, 0) is 47.7 Å². The van der Waals surface area contributed by atoms with Crippen molar-refractivity contribution in [1.82, 2.24) is 0 Å². The number of benzene rings is 2. The molecule has 0 aliphatic rings. The first kappa shape index (κ1) is 13.9. The molecular weight excluding hydrogens is 314 g/mol. The summed E-state index contributed by atoms with van der Waals surface area (Å²) >= 11 is 14.0. The van der Waals surface area contributed by atoms with E-state index in [9.17, 15) is 4.39 Å². The summed E-state index contributed by atoms with van der Waals surface area (Å²) in [5, 5.41) is 1.61. The molecule has 20 heavy (non-hydrogen) atoms. The van der Waals surface area contributed by atoms with Gasteiger partial charge in [-0.15, -0.1) is 22.9 Å². The van der Waals surface area contributed by atoms with Gasteiger partial charge in [0.15, 0.2) is 0 Å². The molecule has 0 spiro atoms. The van der Waals surface area contributed by atoms with Gasteiger partial charge in [0, 0.05) is 14.6 Å². The van der Waals surface area contributed by atoms with E-state index < -0.39 is 0 Å². The molecule has 3 rings (SSSR count). The minimum Gasteiger partial charge on any atom is -0.207 e. The zero-order valence-corrected chi connectivity index (χ0v) is 12.8. The highest BCUT2D eigenvalue weighted by Crippen LogP contribution is 2.35. The summed E-state index contributed by atoms with van der Waals surface area (Å²) in [6.45, 7) is 0. The fourth-order valence-electron chi connectivity index (χ4n) is 2.15. The Balaban J connectivity index is 1.86. The Morgan fingerprint density at radius 1 is 1.10 bits per heavy atom. The van der Waals surface area contributed by atoms with Crippen molar-refractivity contribution in [2.75, 3.05) is 0 Å². The molecule has 0 fully saturated rings. The topological polar surface area (TPSA) is 0 Å². The molecule has 0 radical (unpaired) electrons. The highest BCUT2D eigenvalue weighted by molar-refractivity contribution is 7.19. The number of alkyl halides is 1. The molecule has 3 aromatic rings. The zero-order valence-electron chi connectivity index (χ0n) is 10.4. The molecule has 0 N–H and O–H groups in total. The van der Waals surface area contributed by atoms with Crippen LogP contribution in [0.15, 0.2) is 48.5 Å². The number of hydrogen-bond acceptors (Lipinski definition) is 1. The molecular formula is C16H11Cl2FS. The van der Waals surface area contributed by atoms with Gasteiger partial charge in [0.1, 0.15) is 5.82 Å². The maximum absolute atomic E-state index is 13.2. The molecule has 0 saturated heterocycles. The minimum absolute atomic E-state index is 0.131. The van der Waals surface area contributed by atoms with Gasteiger partial charge in [-0.2, -0.15) is 0 Å². The molecule has 1 aromatic heterocycles. The van der Waals surface area contributed by atoms with Crippen LogP contribution in [0.4, 0.5) is 4.39 Å². The van der Waals surface area contributed by atoms with Crippen LogP contribution in [-0.2, 0) is 6.42 Å². The molecule has 102 valence electrons. The van der Waals surface area contributed by atoms with Crippen molar-refractivity contribution in [1.29, 1.82) is 0 Å². The van der Waals surface area contributed by atoms with Crippen molar-refractivity contribution in [3.05, 3.63) is 69.8 Å².